The molecule has 2 rings (SSSR count). The van der Waals surface area contributed by atoms with Gasteiger partial charge in [-0.1, -0.05) is 6.07 Å². The number of methoxy groups -OCH3 is 1. The van der Waals surface area contributed by atoms with E-state index >= 15 is 0 Å². The van der Waals surface area contributed by atoms with Gasteiger partial charge in [-0.2, -0.15) is 0 Å². The topological polar surface area (TPSA) is 59.7 Å². The Labute approximate surface area is 105 Å². The lowest BCUT2D eigenvalue weighted by Gasteiger charge is -2.09. The van der Waals surface area contributed by atoms with E-state index in [0.717, 1.165) is 18.8 Å². The Bertz CT molecular complexity index is 562. The molecule has 0 spiro atoms. The number of carbonyl (C=O) groups excluding carboxylic acids is 1. The molecule has 6 heteroatoms. The molecular weight excluding hydrogens is 232 g/mol. The van der Waals surface area contributed by atoms with Crippen LogP contribution < -0.4 is 0 Å². The normalized spacial score (nSPS) is 11.1. The van der Waals surface area contributed by atoms with Gasteiger partial charge in [-0.15, -0.1) is 10.2 Å². The molecule has 2 aromatic heterocycles. The molecule has 96 valence electrons. The van der Waals surface area contributed by atoms with Crippen molar-refractivity contribution in [2.45, 2.75) is 6.42 Å². The van der Waals surface area contributed by atoms with E-state index < -0.39 is 0 Å². The zero-order valence-corrected chi connectivity index (χ0v) is 10.8. The van der Waals surface area contributed by atoms with Crippen molar-refractivity contribution in [1.82, 2.24) is 19.5 Å². The van der Waals surface area contributed by atoms with Gasteiger partial charge in [-0.05, 0) is 26.2 Å². The molecule has 0 amide bonds. The number of fused-ring (bicyclic) bond motifs is 1. The SMILES string of the molecule is COC(=O)c1cccc2nnc(CCN(C)C)n12. The van der Waals surface area contributed by atoms with Crippen molar-refractivity contribution in [3.8, 4) is 0 Å². The van der Waals surface area contributed by atoms with Crippen LogP contribution in [0.4, 0.5) is 0 Å². The minimum Gasteiger partial charge on any atom is -0.464 e. The monoisotopic (exact) mass is 248 g/mol. The molecule has 0 bridgehead atoms. The van der Waals surface area contributed by atoms with E-state index in [1.54, 1.807) is 16.5 Å². The number of aromatic nitrogens is 3. The highest BCUT2D eigenvalue weighted by molar-refractivity contribution is 5.88. The van der Waals surface area contributed by atoms with Crippen LogP contribution in [-0.4, -0.2) is 53.2 Å². The number of esters is 1. The largest absolute Gasteiger partial charge is 0.464 e. The number of likely N-dealkylation sites (N-methyl/N-ethyl adjacent to an activating group) is 1. The minimum atomic E-state index is -0.383. The van der Waals surface area contributed by atoms with Crippen molar-refractivity contribution in [3.63, 3.8) is 0 Å². The third kappa shape index (κ3) is 2.33. The molecule has 0 radical (unpaired) electrons. The van der Waals surface area contributed by atoms with E-state index in [9.17, 15) is 4.79 Å². The van der Waals surface area contributed by atoms with Crippen LogP contribution in [0.5, 0.6) is 0 Å². The number of carbonyl (C=O) groups is 1. The average molecular weight is 248 g/mol. The fourth-order valence-electron chi connectivity index (χ4n) is 1.75. The Kier molecular flexibility index (Phi) is 3.57. The second-order valence-corrected chi connectivity index (χ2v) is 4.27. The van der Waals surface area contributed by atoms with E-state index in [1.807, 2.05) is 20.2 Å². The maximum atomic E-state index is 11.7. The molecule has 0 N–H and O–H groups in total. The third-order valence-corrected chi connectivity index (χ3v) is 2.67. The average Bonchev–Trinajstić information content (AvgIpc) is 2.78. The number of hydrogen-bond acceptors (Lipinski definition) is 5. The molecule has 18 heavy (non-hydrogen) atoms. The van der Waals surface area contributed by atoms with Gasteiger partial charge in [0.2, 0.25) is 0 Å². The van der Waals surface area contributed by atoms with Crippen molar-refractivity contribution in [1.29, 1.82) is 0 Å². The van der Waals surface area contributed by atoms with Crippen LogP contribution >= 0.6 is 0 Å². The first-order valence-corrected chi connectivity index (χ1v) is 5.69. The molecular formula is C12H16N4O2. The van der Waals surface area contributed by atoms with Crippen molar-refractivity contribution >= 4 is 11.6 Å². The molecule has 0 unspecified atom stereocenters. The Hall–Kier alpha value is -1.95. The highest BCUT2D eigenvalue weighted by Crippen LogP contribution is 2.10. The predicted molar refractivity (Wildman–Crippen MR) is 66.6 cm³/mol. The number of nitrogens with zero attached hydrogens (tertiary/aromatic N) is 4. The van der Waals surface area contributed by atoms with Gasteiger partial charge >= 0.3 is 5.97 Å². The van der Waals surface area contributed by atoms with Gasteiger partial charge in [0.05, 0.1) is 7.11 Å². The molecule has 0 saturated carbocycles. The van der Waals surface area contributed by atoms with Gasteiger partial charge in [0.15, 0.2) is 5.65 Å². The lowest BCUT2D eigenvalue weighted by molar-refractivity contribution is 0.0592. The molecule has 0 atom stereocenters. The summed E-state index contributed by atoms with van der Waals surface area (Å²) >= 11 is 0. The molecule has 2 aromatic rings. The summed E-state index contributed by atoms with van der Waals surface area (Å²) in [5, 5.41) is 8.18. The first-order chi connectivity index (χ1) is 8.63. The predicted octanol–water partition coefficient (Wildman–Crippen LogP) is 0.620. The fourth-order valence-corrected chi connectivity index (χ4v) is 1.75. The van der Waals surface area contributed by atoms with Crippen LogP contribution in [0.25, 0.3) is 5.65 Å². The Morgan fingerprint density at radius 3 is 2.83 bits per heavy atom. The molecule has 0 aliphatic carbocycles. The standard InChI is InChI=1S/C12H16N4O2/c1-15(2)8-7-11-14-13-10-6-4-5-9(16(10)11)12(17)18-3/h4-6H,7-8H2,1-3H3. The van der Waals surface area contributed by atoms with Crippen LogP contribution in [0.2, 0.25) is 0 Å². The maximum absolute atomic E-state index is 11.7. The third-order valence-electron chi connectivity index (χ3n) is 2.67. The molecule has 0 aliphatic heterocycles. The second kappa shape index (κ2) is 5.14. The van der Waals surface area contributed by atoms with Crippen molar-refractivity contribution in [2.75, 3.05) is 27.7 Å². The van der Waals surface area contributed by atoms with Gasteiger partial charge in [0.1, 0.15) is 11.5 Å². The lowest BCUT2D eigenvalue weighted by Crippen LogP contribution is -2.17. The summed E-state index contributed by atoms with van der Waals surface area (Å²) in [5.74, 6) is 0.381. The number of ether oxygens (including phenoxy) is 1. The van der Waals surface area contributed by atoms with Gasteiger partial charge in [-0.25, -0.2) is 4.79 Å². The van der Waals surface area contributed by atoms with Crippen LogP contribution in [0.3, 0.4) is 0 Å². The summed E-state index contributed by atoms with van der Waals surface area (Å²) in [4.78, 5) is 13.8. The van der Waals surface area contributed by atoms with Crippen molar-refractivity contribution in [2.24, 2.45) is 0 Å². The number of hydrogen-bond donors (Lipinski definition) is 0. The summed E-state index contributed by atoms with van der Waals surface area (Å²) < 4.78 is 6.51. The van der Waals surface area contributed by atoms with Gasteiger partial charge in [0, 0.05) is 13.0 Å². The van der Waals surface area contributed by atoms with E-state index in [2.05, 4.69) is 15.1 Å². The molecule has 0 saturated heterocycles. The zero-order chi connectivity index (χ0) is 13.1. The van der Waals surface area contributed by atoms with Crippen LogP contribution in [0.15, 0.2) is 18.2 Å². The molecule has 0 aromatic carbocycles. The smallest absolute Gasteiger partial charge is 0.355 e. The van der Waals surface area contributed by atoms with Gasteiger partial charge < -0.3 is 9.64 Å². The minimum absolute atomic E-state index is 0.383. The molecule has 0 aliphatic rings. The summed E-state index contributed by atoms with van der Waals surface area (Å²) in [6, 6.07) is 5.30. The number of rotatable bonds is 4. The molecule has 2 heterocycles. The summed E-state index contributed by atoms with van der Waals surface area (Å²) in [7, 11) is 5.35. The van der Waals surface area contributed by atoms with Crippen molar-refractivity contribution in [3.05, 3.63) is 29.7 Å². The summed E-state index contributed by atoms with van der Waals surface area (Å²) in [6.45, 7) is 0.844. The fraction of sp³-hybridized carbons (Fsp3) is 0.417. The Morgan fingerprint density at radius 2 is 2.17 bits per heavy atom. The Balaban J connectivity index is 2.45. The summed E-state index contributed by atoms with van der Waals surface area (Å²) in [6.07, 6.45) is 0.724. The molecule has 6 nitrogen and oxygen atoms in total. The first kappa shape index (κ1) is 12.5. The van der Waals surface area contributed by atoms with E-state index in [-0.39, 0.29) is 5.97 Å². The molecule has 0 fully saturated rings. The zero-order valence-electron chi connectivity index (χ0n) is 10.8. The number of pyridine rings is 1. The summed E-state index contributed by atoms with van der Waals surface area (Å²) in [5.41, 5.74) is 1.11. The Morgan fingerprint density at radius 1 is 1.39 bits per heavy atom. The van der Waals surface area contributed by atoms with Crippen LogP contribution in [0.1, 0.15) is 16.3 Å². The van der Waals surface area contributed by atoms with E-state index in [1.165, 1.54) is 7.11 Å². The highest BCUT2D eigenvalue weighted by atomic mass is 16.5. The van der Waals surface area contributed by atoms with Gasteiger partial charge in [-0.3, -0.25) is 4.40 Å². The van der Waals surface area contributed by atoms with E-state index in [4.69, 9.17) is 4.74 Å². The quantitative estimate of drug-likeness (QED) is 0.742. The van der Waals surface area contributed by atoms with Crippen molar-refractivity contribution < 1.29 is 9.53 Å². The lowest BCUT2D eigenvalue weighted by atomic mass is 10.3. The second-order valence-electron chi connectivity index (χ2n) is 4.27. The highest BCUT2D eigenvalue weighted by Gasteiger charge is 2.15. The maximum Gasteiger partial charge on any atom is 0.355 e. The van der Waals surface area contributed by atoms with Gasteiger partial charge in [0.25, 0.3) is 0 Å². The first-order valence-electron chi connectivity index (χ1n) is 5.69. The van der Waals surface area contributed by atoms with Crippen LogP contribution in [0, 0.1) is 0 Å². The van der Waals surface area contributed by atoms with E-state index in [0.29, 0.717) is 11.3 Å². The van der Waals surface area contributed by atoms with Crippen LogP contribution in [-0.2, 0) is 11.2 Å².